The molecule has 0 spiro atoms. The summed E-state index contributed by atoms with van der Waals surface area (Å²) in [6.45, 7) is 8.56. The molecular weight excluding hydrogens is 328 g/mol. The fraction of sp³-hybridized carbons (Fsp3) is 0.714. The van der Waals surface area contributed by atoms with Gasteiger partial charge in [-0.2, -0.15) is 0 Å². The number of methoxy groups -OCH3 is 1. The van der Waals surface area contributed by atoms with Gasteiger partial charge < -0.3 is 14.2 Å². The average molecular weight is 360 g/mol. The number of hydrogen-bond acceptors (Lipinski definition) is 5. The van der Waals surface area contributed by atoms with Gasteiger partial charge in [0.15, 0.2) is 11.5 Å². The standard InChI is InChI=1S/C21H32N2O3/c1-24-20-5-4-17(15-22-6-2-3-7-22)14-21(20)26-19-12-18(13-19)16-23-8-10-25-11-9-23/h4-5,14,18-19H,2-3,6-13,15-16H2,1H3. The second kappa shape index (κ2) is 8.59. The summed E-state index contributed by atoms with van der Waals surface area (Å²) in [4.78, 5) is 5.05. The minimum atomic E-state index is 0.331. The second-order valence-corrected chi connectivity index (χ2v) is 7.96. The first-order chi connectivity index (χ1) is 12.8. The molecule has 1 aliphatic carbocycles. The Bertz CT molecular complexity index is 577. The molecule has 1 aromatic rings. The third kappa shape index (κ3) is 4.51. The summed E-state index contributed by atoms with van der Waals surface area (Å²) >= 11 is 0. The molecule has 0 atom stereocenters. The predicted molar refractivity (Wildman–Crippen MR) is 102 cm³/mol. The molecule has 0 amide bonds. The second-order valence-electron chi connectivity index (χ2n) is 7.96. The molecule has 2 saturated heterocycles. The van der Waals surface area contributed by atoms with E-state index in [4.69, 9.17) is 14.2 Å². The Kier molecular flexibility index (Phi) is 5.98. The molecule has 26 heavy (non-hydrogen) atoms. The van der Waals surface area contributed by atoms with E-state index in [9.17, 15) is 0 Å². The third-order valence-corrected chi connectivity index (χ3v) is 5.94. The number of hydrogen-bond donors (Lipinski definition) is 0. The molecule has 5 nitrogen and oxygen atoms in total. The van der Waals surface area contributed by atoms with E-state index in [1.807, 2.05) is 0 Å². The molecule has 1 aromatic carbocycles. The lowest BCUT2D eigenvalue weighted by Gasteiger charge is -2.39. The molecule has 2 heterocycles. The van der Waals surface area contributed by atoms with E-state index >= 15 is 0 Å². The summed E-state index contributed by atoms with van der Waals surface area (Å²) in [5, 5.41) is 0. The van der Waals surface area contributed by atoms with Gasteiger partial charge in [-0.25, -0.2) is 0 Å². The number of rotatable bonds is 7. The first-order valence-corrected chi connectivity index (χ1v) is 10.2. The van der Waals surface area contributed by atoms with Gasteiger partial charge in [0.25, 0.3) is 0 Å². The van der Waals surface area contributed by atoms with Crippen LogP contribution in [0, 0.1) is 5.92 Å². The van der Waals surface area contributed by atoms with Crippen LogP contribution in [0.2, 0.25) is 0 Å². The van der Waals surface area contributed by atoms with Crippen molar-refractivity contribution in [3.63, 3.8) is 0 Å². The lowest BCUT2D eigenvalue weighted by Crippen LogP contribution is -2.45. The van der Waals surface area contributed by atoms with Crippen molar-refractivity contribution >= 4 is 0 Å². The minimum Gasteiger partial charge on any atom is -0.493 e. The molecule has 4 rings (SSSR count). The SMILES string of the molecule is COc1ccc(CN2CCCC2)cc1OC1CC(CN2CCOCC2)C1. The van der Waals surface area contributed by atoms with E-state index in [2.05, 4.69) is 28.0 Å². The van der Waals surface area contributed by atoms with Gasteiger partial charge in [0.05, 0.1) is 26.4 Å². The first kappa shape index (κ1) is 18.1. The molecular formula is C21H32N2O3. The fourth-order valence-corrected chi connectivity index (χ4v) is 4.36. The summed E-state index contributed by atoms with van der Waals surface area (Å²) in [6, 6.07) is 6.42. The van der Waals surface area contributed by atoms with Gasteiger partial charge in [-0.15, -0.1) is 0 Å². The highest BCUT2D eigenvalue weighted by molar-refractivity contribution is 5.43. The Morgan fingerprint density at radius 1 is 1.00 bits per heavy atom. The summed E-state index contributed by atoms with van der Waals surface area (Å²) < 4.78 is 17.3. The van der Waals surface area contributed by atoms with Crippen LogP contribution in [-0.2, 0) is 11.3 Å². The van der Waals surface area contributed by atoms with Crippen LogP contribution < -0.4 is 9.47 Å². The maximum atomic E-state index is 6.31. The van der Waals surface area contributed by atoms with Crippen molar-refractivity contribution in [1.82, 2.24) is 9.80 Å². The highest BCUT2D eigenvalue weighted by Crippen LogP contribution is 2.36. The average Bonchev–Trinajstić information content (AvgIpc) is 3.14. The molecule has 144 valence electrons. The number of morpholine rings is 1. The largest absolute Gasteiger partial charge is 0.493 e. The van der Waals surface area contributed by atoms with Crippen LogP contribution in [0.3, 0.4) is 0 Å². The quantitative estimate of drug-likeness (QED) is 0.747. The van der Waals surface area contributed by atoms with Crippen molar-refractivity contribution in [2.75, 3.05) is 53.0 Å². The Balaban J connectivity index is 1.29. The van der Waals surface area contributed by atoms with Crippen molar-refractivity contribution in [3.05, 3.63) is 23.8 Å². The highest BCUT2D eigenvalue weighted by atomic mass is 16.5. The summed E-state index contributed by atoms with van der Waals surface area (Å²) in [7, 11) is 1.73. The third-order valence-electron chi connectivity index (χ3n) is 5.94. The van der Waals surface area contributed by atoms with E-state index in [0.717, 1.165) is 63.1 Å². The minimum absolute atomic E-state index is 0.331. The first-order valence-electron chi connectivity index (χ1n) is 10.2. The van der Waals surface area contributed by atoms with Gasteiger partial charge in [0, 0.05) is 26.2 Å². The summed E-state index contributed by atoms with van der Waals surface area (Å²) in [6.07, 6.45) is 5.28. The number of likely N-dealkylation sites (tertiary alicyclic amines) is 1. The highest BCUT2D eigenvalue weighted by Gasteiger charge is 2.33. The van der Waals surface area contributed by atoms with E-state index in [0.29, 0.717) is 6.10 Å². The van der Waals surface area contributed by atoms with Crippen LogP contribution in [0.25, 0.3) is 0 Å². The number of ether oxygens (including phenoxy) is 3. The van der Waals surface area contributed by atoms with Gasteiger partial charge in [-0.05, 0) is 62.4 Å². The monoisotopic (exact) mass is 360 g/mol. The van der Waals surface area contributed by atoms with Gasteiger partial charge >= 0.3 is 0 Å². The van der Waals surface area contributed by atoms with Crippen molar-refractivity contribution in [2.45, 2.75) is 38.3 Å². The predicted octanol–water partition coefficient (Wildman–Crippen LogP) is 2.78. The Morgan fingerprint density at radius 2 is 1.77 bits per heavy atom. The zero-order valence-corrected chi connectivity index (χ0v) is 16.0. The van der Waals surface area contributed by atoms with Crippen LogP contribution in [0.4, 0.5) is 0 Å². The maximum absolute atomic E-state index is 6.31. The molecule has 3 aliphatic rings. The van der Waals surface area contributed by atoms with Crippen LogP contribution >= 0.6 is 0 Å². The number of nitrogens with zero attached hydrogens (tertiary/aromatic N) is 2. The zero-order chi connectivity index (χ0) is 17.8. The molecule has 0 N–H and O–H groups in total. The van der Waals surface area contributed by atoms with E-state index in [1.54, 1.807) is 7.11 Å². The summed E-state index contributed by atoms with van der Waals surface area (Å²) in [5.41, 5.74) is 1.33. The molecule has 2 aliphatic heterocycles. The van der Waals surface area contributed by atoms with Crippen molar-refractivity contribution < 1.29 is 14.2 Å². The Hall–Kier alpha value is -1.30. The van der Waals surface area contributed by atoms with Gasteiger partial charge in [0.2, 0.25) is 0 Å². The molecule has 3 fully saturated rings. The van der Waals surface area contributed by atoms with Crippen molar-refractivity contribution in [1.29, 1.82) is 0 Å². The van der Waals surface area contributed by atoms with Gasteiger partial charge in [-0.1, -0.05) is 6.07 Å². The zero-order valence-electron chi connectivity index (χ0n) is 16.0. The number of benzene rings is 1. The normalized spacial score (nSPS) is 27.3. The van der Waals surface area contributed by atoms with E-state index in [1.165, 1.54) is 38.0 Å². The van der Waals surface area contributed by atoms with Crippen LogP contribution in [-0.4, -0.2) is 69.0 Å². The van der Waals surface area contributed by atoms with Crippen molar-refractivity contribution in [3.8, 4) is 11.5 Å². The van der Waals surface area contributed by atoms with Crippen LogP contribution in [0.5, 0.6) is 11.5 Å². The van der Waals surface area contributed by atoms with Crippen molar-refractivity contribution in [2.24, 2.45) is 5.92 Å². The molecule has 5 heteroatoms. The topological polar surface area (TPSA) is 34.2 Å². The molecule has 1 saturated carbocycles. The van der Waals surface area contributed by atoms with Crippen LogP contribution in [0.15, 0.2) is 18.2 Å². The lowest BCUT2D eigenvalue weighted by molar-refractivity contribution is -0.000438. The van der Waals surface area contributed by atoms with Crippen LogP contribution in [0.1, 0.15) is 31.2 Å². The fourth-order valence-electron chi connectivity index (χ4n) is 4.36. The van der Waals surface area contributed by atoms with Gasteiger partial charge in [0.1, 0.15) is 0 Å². The van der Waals surface area contributed by atoms with E-state index < -0.39 is 0 Å². The molecule has 0 aromatic heterocycles. The molecule has 0 radical (unpaired) electrons. The maximum Gasteiger partial charge on any atom is 0.161 e. The summed E-state index contributed by atoms with van der Waals surface area (Å²) in [5.74, 6) is 2.53. The lowest BCUT2D eigenvalue weighted by atomic mass is 9.81. The molecule has 0 unspecified atom stereocenters. The van der Waals surface area contributed by atoms with E-state index in [-0.39, 0.29) is 0 Å². The Labute approximate surface area is 157 Å². The smallest absolute Gasteiger partial charge is 0.161 e. The Morgan fingerprint density at radius 3 is 2.50 bits per heavy atom. The molecule has 0 bridgehead atoms. The van der Waals surface area contributed by atoms with Gasteiger partial charge in [-0.3, -0.25) is 9.80 Å².